The summed E-state index contributed by atoms with van der Waals surface area (Å²) in [5.41, 5.74) is 2.79. The summed E-state index contributed by atoms with van der Waals surface area (Å²) in [7, 11) is 3.92. The van der Waals surface area contributed by atoms with E-state index >= 15 is 0 Å². The lowest BCUT2D eigenvalue weighted by molar-refractivity contribution is -0.115. The molecule has 1 aromatic heterocycles. The summed E-state index contributed by atoms with van der Waals surface area (Å²) in [6.45, 7) is 1.78. The van der Waals surface area contributed by atoms with Crippen LogP contribution in [0, 0.1) is 12.7 Å². The van der Waals surface area contributed by atoms with Gasteiger partial charge >= 0.3 is 0 Å². The highest BCUT2D eigenvalue weighted by atomic mass is 31.0. The molecule has 7 heteroatoms. The van der Waals surface area contributed by atoms with E-state index in [0.717, 1.165) is 11.3 Å². The van der Waals surface area contributed by atoms with E-state index in [4.69, 9.17) is 4.74 Å². The van der Waals surface area contributed by atoms with Gasteiger partial charge in [0.2, 0.25) is 5.91 Å². The number of hydrogen-bond acceptors (Lipinski definition) is 4. The van der Waals surface area contributed by atoms with E-state index in [-0.39, 0.29) is 18.1 Å². The number of aryl methyl sites for hydroxylation is 1. The minimum atomic E-state index is -0.356. The van der Waals surface area contributed by atoms with Gasteiger partial charge in [-0.05, 0) is 42.8 Å². The predicted octanol–water partition coefficient (Wildman–Crippen LogP) is 3.28. The molecule has 5 nitrogen and oxygen atoms in total. The molecule has 0 aliphatic rings. The van der Waals surface area contributed by atoms with Crippen LogP contribution in [0.3, 0.4) is 0 Å². The quantitative estimate of drug-likeness (QED) is 0.687. The molecule has 2 aromatic carbocycles. The third kappa shape index (κ3) is 4.66. The number of nitrogens with one attached hydrogen (secondary N) is 1. The van der Waals surface area contributed by atoms with Crippen LogP contribution in [0.1, 0.15) is 11.3 Å². The maximum absolute atomic E-state index is 13.6. The summed E-state index contributed by atoms with van der Waals surface area (Å²) in [4.78, 5) is 21.0. The maximum Gasteiger partial charge on any atom is 0.229 e. The molecule has 0 radical (unpaired) electrons. The van der Waals surface area contributed by atoms with E-state index in [1.54, 1.807) is 32.4 Å². The highest BCUT2D eigenvalue weighted by Crippen LogP contribution is 2.22. The number of aromatic nitrogens is 2. The Labute approximate surface area is 159 Å². The predicted molar refractivity (Wildman–Crippen MR) is 107 cm³/mol. The Morgan fingerprint density at radius 3 is 2.59 bits per heavy atom. The van der Waals surface area contributed by atoms with Crippen molar-refractivity contribution in [2.45, 2.75) is 13.3 Å². The minimum absolute atomic E-state index is 0.0587. The molecule has 3 aromatic rings. The number of hydrogen-bond donors (Lipinski definition) is 1. The summed E-state index contributed by atoms with van der Waals surface area (Å²) in [6, 6.07) is 12.2. The second-order valence-corrected chi connectivity index (χ2v) is 6.62. The zero-order valence-electron chi connectivity index (χ0n) is 15.0. The van der Waals surface area contributed by atoms with E-state index in [2.05, 4.69) is 24.5 Å². The van der Waals surface area contributed by atoms with Crippen molar-refractivity contribution in [3.8, 4) is 17.0 Å². The number of rotatable bonds is 5. The molecule has 3 rings (SSSR count). The number of carbonyl (C=O) groups is 1. The largest absolute Gasteiger partial charge is 0.497 e. The van der Waals surface area contributed by atoms with Crippen molar-refractivity contribution in [3.63, 3.8) is 0 Å². The van der Waals surface area contributed by atoms with Gasteiger partial charge in [-0.2, -0.15) is 0 Å². The topological polar surface area (TPSA) is 64.1 Å². The first-order valence-corrected chi connectivity index (χ1v) is 8.86. The van der Waals surface area contributed by atoms with Gasteiger partial charge in [0.15, 0.2) is 5.82 Å². The van der Waals surface area contributed by atoms with Crippen molar-refractivity contribution in [1.29, 1.82) is 0 Å². The molecule has 1 atom stereocenters. The van der Waals surface area contributed by atoms with E-state index in [0.29, 0.717) is 28.1 Å². The summed E-state index contributed by atoms with van der Waals surface area (Å²) in [5, 5.41) is 3.20. The Morgan fingerprint density at radius 2 is 1.96 bits per heavy atom. The Morgan fingerprint density at radius 1 is 1.22 bits per heavy atom. The van der Waals surface area contributed by atoms with Gasteiger partial charge in [0.05, 0.1) is 31.1 Å². The van der Waals surface area contributed by atoms with E-state index in [9.17, 15) is 9.18 Å². The summed E-state index contributed by atoms with van der Waals surface area (Å²) in [6.07, 6.45) is 1.66. The fraction of sp³-hybridized carbons (Fsp3) is 0.150. The summed E-state index contributed by atoms with van der Waals surface area (Å²) in [5.74, 6) is 0.518. The van der Waals surface area contributed by atoms with Crippen LogP contribution in [0.4, 0.5) is 10.2 Å². The molecule has 1 N–H and O–H groups in total. The molecule has 0 saturated carbocycles. The molecule has 1 unspecified atom stereocenters. The van der Waals surface area contributed by atoms with Crippen LogP contribution in [0.2, 0.25) is 0 Å². The summed E-state index contributed by atoms with van der Waals surface area (Å²) < 4.78 is 18.7. The molecule has 1 heterocycles. The van der Waals surface area contributed by atoms with Gasteiger partial charge < -0.3 is 10.1 Å². The first kappa shape index (κ1) is 18.9. The molecule has 0 fully saturated rings. The van der Waals surface area contributed by atoms with Gasteiger partial charge in [0.1, 0.15) is 11.6 Å². The molecular formula is C20H19FN3O2P. The summed E-state index contributed by atoms with van der Waals surface area (Å²) >= 11 is 0. The Kier molecular flexibility index (Phi) is 5.77. The molecule has 1 amide bonds. The van der Waals surface area contributed by atoms with Crippen molar-refractivity contribution < 1.29 is 13.9 Å². The van der Waals surface area contributed by atoms with Crippen LogP contribution < -0.4 is 15.4 Å². The highest BCUT2D eigenvalue weighted by molar-refractivity contribution is 7.27. The number of methoxy groups -OCH3 is 1. The maximum atomic E-state index is 13.6. The monoisotopic (exact) mass is 383 g/mol. The fourth-order valence-corrected chi connectivity index (χ4v) is 2.73. The molecule has 0 bridgehead atoms. The van der Waals surface area contributed by atoms with E-state index in [1.807, 2.05) is 24.3 Å². The van der Waals surface area contributed by atoms with E-state index in [1.165, 1.54) is 6.07 Å². The minimum Gasteiger partial charge on any atom is -0.497 e. The molecule has 0 spiro atoms. The molecule has 0 saturated heterocycles. The van der Waals surface area contributed by atoms with E-state index < -0.39 is 0 Å². The molecule has 27 heavy (non-hydrogen) atoms. The SMILES string of the molecule is COc1ccc(-c2cnc(NC(=O)Cc3ccc(P)c(F)c3)c(C)n2)cc1. The lowest BCUT2D eigenvalue weighted by Crippen LogP contribution is -2.17. The van der Waals surface area contributed by atoms with Crippen LogP contribution in [-0.4, -0.2) is 23.0 Å². The van der Waals surface area contributed by atoms with Gasteiger partial charge in [0, 0.05) is 10.9 Å². The zero-order valence-corrected chi connectivity index (χ0v) is 16.1. The van der Waals surface area contributed by atoms with Gasteiger partial charge in [0.25, 0.3) is 0 Å². The molecule has 0 aliphatic carbocycles. The molecule has 0 aliphatic heterocycles. The van der Waals surface area contributed by atoms with Crippen molar-refractivity contribution >= 4 is 26.3 Å². The van der Waals surface area contributed by atoms with Crippen molar-refractivity contribution in [3.05, 3.63) is 65.7 Å². The van der Waals surface area contributed by atoms with Gasteiger partial charge in [-0.1, -0.05) is 12.1 Å². The second-order valence-electron chi connectivity index (χ2n) is 6.00. The molecule has 138 valence electrons. The third-order valence-corrected chi connectivity index (χ3v) is 4.49. The first-order valence-electron chi connectivity index (χ1n) is 8.28. The average Bonchev–Trinajstić information content (AvgIpc) is 2.66. The van der Waals surface area contributed by atoms with Gasteiger partial charge in [-0.15, -0.1) is 9.24 Å². The first-order chi connectivity index (χ1) is 13.0. The number of nitrogens with zero attached hydrogens (tertiary/aromatic N) is 2. The third-order valence-electron chi connectivity index (χ3n) is 4.02. The standard InChI is InChI=1S/C20H19FN3O2P/c1-12-20(24-19(25)10-13-3-8-18(27)16(21)9-13)22-11-17(23-12)14-4-6-15(26-2)7-5-14/h3-9,11H,10,27H2,1-2H3,(H,22,24,25). The number of halogens is 1. The van der Waals surface area contributed by atoms with Crippen molar-refractivity contribution in [2.24, 2.45) is 0 Å². The highest BCUT2D eigenvalue weighted by Gasteiger charge is 2.11. The molecular weight excluding hydrogens is 364 g/mol. The van der Waals surface area contributed by atoms with Crippen molar-refractivity contribution in [1.82, 2.24) is 9.97 Å². The number of benzene rings is 2. The smallest absolute Gasteiger partial charge is 0.229 e. The number of amides is 1. The second kappa shape index (κ2) is 8.23. The van der Waals surface area contributed by atoms with Gasteiger partial charge in [-0.25, -0.2) is 14.4 Å². The zero-order chi connectivity index (χ0) is 19.4. The Balaban J connectivity index is 1.71. The Hall–Kier alpha value is -2.85. The van der Waals surface area contributed by atoms with Crippen molar-refractivity contribution in [2.75, 3.05) is 12.4 Å². The average molecular weight is 383 g/mol. The van der Waals surface area contributed by atoms with Crippen LogP contribution in [-0.2, 0) is 11.2 Å². The Bertz CT molecular complexity index is 977. The number of ether oxygens (including phenoxy) is 1. The normalized spacial score (nSPS) is 10.5. The van der Waals surface area contributed by atoms with Gasteiger partial charge in [-0.3, -0.25) is 4.79 Å². The lowest BCUT2D eigenvalue weighted by Gasteiger charge is -2.09. The number of carbonyl (C=O) groups excluding carboxylic acids is 1. The van der Waals surface area contributed by atoms with Crippen LogP contribution in [0.5, 0.6) is 5.75 Å². The number of anilines is 1. The van der Waals surface area contributed by atoms with Crippen LogP contribution >= 0.6 is 9.24 Å². The lowest BCUT2D eigenvalue weighted by atomic mass is 10.1. The van der Waals surface area contributed by atoms with Crippen LogP contribution in [0.15, 0.2) is 48.7 Å². The fourth-order valence-electron chi connectivity index (χ4n) is 2.55. The van der Waals surface area contributed by atoms with Crippen LogP contribution in [0.25, 0.3) is 11.3 Å².